The zero-order chi connectivity index (χ0) is 12.1. The molecule has 16 heavy (non-hydrogen) atoms. The lowest BCUT2D eigenvalue weighted by molar-refractivity contribution is -0.309. The van der Waals surface area contributed by atoms with Gasteiger partial charge < -0.3 is 34.3 Å². The van der Waals surface area contributed by atoms with Gasteiger partial charge >= 0.3 is 0 Å². The van der Waals surface area contributed by atoms with Crippen molar-refractivity contribution in [2.75, 3.05) is 27.6 Å². The summed E-state index contributed by atoms with van der Waals surface area (Å²) in [6.45, 7) is -0.464. The van der Waals surface area contributed by atoms with Crippen LogP contribution < -0.4 is 0 Å². The van der Waals surface area contributed by atoms with Crippen molar-refractivity contribution >= 4 is 0 Å². The summed E-state index contributed by atoms with van der Waals surface area (Å²) >= 11 is 0. The molecule has 1 fully saturated rings. The average Bonchev–Trinajstić information content (AvgIpc) is 2.29. The first kappa shape index (κ1) is 13.8. The Labute approximate surface area is 93.5 Å². The number of aliphatic hydroxyl groups excluding tert-OH is 3. The third-order valence-corrected chi connectivity index (χ3v) is 2.43. The zero-order valence-corrected chi connectivity index (χ0v) is 9.28. The molecule has 0 aromatic heterocycles. The van der Waals surface area contributed by atoms with E-state index in [4.69, 9.17) is 24.1 Å². The minimum absolute atomic E-state index is 0.0760. The summed E-state index contributed by atoms with van der Waals surface area (Å²) in [5.41, 5.74) is 0. The van der Waals surface area contributed by atoms with Crippen molar-refractivity contribution in [1.29, 1.82) is 0 Å². The molecule has 1 rings (SSSR count). The fourth-order valence-corrected chi connectivity index (χ4v) is 1.59. The van der Waals surface area contributed by atoms with Crippen LogP contribution in [0, 0.1) is 0 Å². The van der Waals surface area contributed by atoms with Gasteiger partial charge in [0, 0.05) is 14.2 Å². The highest BCUT2D eigenvalue weighted by Crippen LogP contribution is 2.23. The van der Waals surface area contributed by atoms with E-state index in [1.807, 2.05) is 0 Å². The lowest BCUT2D eigenvalue weighted by atomic mass is 9.99. The number of aliphatic hydroxyl groups is 3. The van der Waals surface area contributed by atoms with E-state index in [0.717, 1.165) is 0 Å². The van der Waals surface area contributed by atoms with Gasteiger partial charge in [-0.1, -0.05) is 0 Å². The Morgan fingerprint density at radius 1 is 1.19 bits per heavy atom. The fraction of sp³-hybridized carbons (Fsp3) is 1.00. The van der Waals surface area contributed by atoms with E-state index < -0.39 is 30.7 Å². The predicted octanol–water partition coefficient (Wildman–Crippen LogP) is -1.94. The largest absolute Gasteiger partial charge is 0.394 e. The van der Waals surface area contributed by atoms with Gasteiger partial charge in [0.05, 0.1) is 6.61 Å². The van der Waals surface area contributed by atoms with E-state index in [9.17, 15) is 10.2 Å². The van der Waals surface area contributed by atoms with Gasteiger partial charge in [0.2, 0.25) is 0 Å². The molecule has 96 valence electrons. The molecule has 0 radical (unpaired) electrons. The monoisotopic (exact) mass is 238 g/mol. The molecule has 0 saturated carbocycles. The molecule has 1 aliphatic heterocycles. The van der Waals surface area contributed by atoms with Gasteiger partial charge in [-0.15, -0.1) is 0 Å². The lowest BCUT2D eigenvalue weighted by Crippen LogP contribution is -2.60. The Balaban J connectivity index is 2.67. The van der Waals surface area contributed by atoms with Gasteiger partial charge in [-0.2, -0.15) is 0 Å². The first-order valence-corrected chi connectivity index (χ1v) is 4.91. The number of hydrogen-bond acceptors (Lipinski definition) is 7. The second-order valence-electron chi connectivity index (χ2n) is 3.48. The molecule has 1 heterocycles. The summed E-state index contributed by atoms with van der Waals surface area (Å²) in [6, 6.07) is 0. The summed E-state index contributed by atoms with van der Waals surface area (Å²) in [5.74, 6) is 0. The number of rotatable bonds is 5. The summed E-state index contributed by atoms with van der Waals surface area (Å²) < 4.78 is 19.8. The lowest BCUT2D eigenvalue weighted by Gasteiger charge is -2.41. The Kier molecular flexibility index (Phi) is 5.56. The molecule has 7 heteroatoms. The van der Waals surface area contributed by atoms with Crippen LogP contribution in [0.15, 0.2) is 0 Å². The molecule has 0 aromatic carbocycles. The second-order valence-corrected chi connectivity index (χ2v) is 3.48. The smallest absolute Gasteiger partial charge is 0.186 e. The number of ether oxygens (including phenoxy) is 4. The standard InChI is InChI=1S/C9H18O7/c1-13-4-15-8-6(11)5(3-10)16-9(14-2)7(8)12/h5-12H,3-4H2,1-2H3/t5-,6+,7-,8+,9-/m1/s1. The molecular weight excluding hydrogens is 220 g/mol. The van der Waals surface area contributed by atoms with Gasteiger partial charge in [0.25, 0.3) is 0 Å². The van der Waals surface area contributed by atoms with Gasteiger partial charge in [0.1, 0.15) is 31.2 Å². The van der Waals surface area contributed by atoms with Gasteiger partial charge in [0.15, 0.2) is 6.29 Å². The maximum Gasteiger partial charge on any atom is 0.186 e. The van der Waals surface area contributed by atoms with E-state index in [1.54, 1.807) is 0 Å². The van der Waals surface area contributed by atoms with Crippen molar-refractivity contribution in [3.05, 3.63) is 0 Å². The van der Waals surface area contributed by atoms with Crippen LogP contribution in [0.1, 0.15) is 0 Å². The Morgan fingerprint density at radius 3 is 2.38 bits per heavy atom. The molecule has 3 N–H and O–H groups in total. The van der Waals surface area contributed by atoms with Crippen molar-refractivity contribution in [1.82, 2.24) is 0 Å². The number of hydrogen-bond donors (Lipinski definition) is 3. The molecular formula is C9H18O7. The summed E-state index contributed by atoms with van der Waals surface area (Å²) in [7, 11) is 2.78. The molecule has 0 aliphatic carbocycles. The third-order valence-electron chi connectivity index (χ3n) is 2.43. The van der Waals surface area contributed by atoms with Crippen LogP contribution in [0.4, 0.5) is 0 Å². The van der Waals surface area contributed by atoms with Crippen molar-refractivity contribution in [3.8, 4) is 0 Å². The quantitative estimate of drug-likeness (QED) is 0.479. The molecule has 0 amide bonds. The molecule has 0 spiro atoms. The fourth-order valence-electron chi connectivity index (χ4n) is 1.59. The Morgan fingerprint density at radius 2 is 1.88 bits per heavy atom. The van der Waals surface area contributed by atoms with Crippen LogP contribution in [-0.4, -0.2) is 73.6 Å². The zero-order valence-electron chi connectivity index (χ0n) is 9.28. The van der Waals surface area contributed by atoms with Crippen LogP contribution >= 0.6 is 0 Å². The second kappa shape index (κ2) is 6.45. The molecule has 5 atom stereocenters. The maximum atomic E-state index is 9.77. The predicted molar refractivity (Wildman–Crippen MR) is 51.5 cm³/mol. The average molecular weight is 238 g/mol. The molecule has 0 unspecified atom stereocenters. The van der Waals surface area contributed by atoms with E-state index in [1.165, 1.54) is 14.2 Å². The van der Waals surface area contributed by atoms with E-state index in [-0.39, 0.29) is 13.4 Å². The maximum absolute atomic E-state index is 9.77. The van der Waals surface area contributed by atoms with Crippen LogP contribution in [0.2, 0.25) is 0 Å². The van der Waals surface area contributed by atoms with Crippen LogP contribution in [-0.2, 0) is 18.9 Å². The summed E-state index contributed by atoms with van der Waals surface area (Å²) in [5, 5.41) is 28.5. The topological polar surface area (TPSA) is 97.6 Å². The minimum atomic E-state index is -1.14. The molecule has 0 bridgehead atoms. The highest BCUT2D eigenvalue weighted by Gasteiger charge is 2.45. The van der Waals surface area contributed by atoms with E-state index in [0.29, 0.717) is 0 Å². The summed E-state index contributed by atoms with van der Waals surface area (Å²) in [6.07, 6.45) is -4.99. The normalized spacial score (nSPS) is 39.9. The molecule has 0 aromatic rings. The van der Waals surface area contributed by atoms with Gasteiger partial charge in [-0.3, -0.25) is 0 Å². The minimum Gasteiger partial charge on any atom is -0.394 e. The van der Waals surface area contributed by atoms with Crippen molar-refractivity contribution < 1.29 is 34.3 Å². The van der Waals surface area contributed by atoms with Crippen molar-refractivity contribution in [3.63, 3.8) is 0 Å². The van der Waals surface area contributed by atoms with E-state index >= 15 is 0 Å². The molecule has 1 saturated heterocycles. The Bertz CT molecular complexity index is 184. The highest BCUT2D eigenvalue weighted by atomic mass is 16.7. The van der Waals surface area contributed by atoms with E-state index in [2.05, 4.69) is 0 Å². The number of methoxy groups -OCH3 is 2. The van der Waals surface area contributed by atoms with Crippen molar-refractivity contribution in [2.45, 2.75) is 30.7 Å². The Hall–Kier alpha value is -0.280. The highest BCUT2D eigenvalue weighted by molar-refractivity contribution is 4.89. The molecule has 7 nitrogen and oxygen atoms in total. The van der Waals surface area contributed by atoms with Crippen LogP contribution in [0.3, 0.4) is 0 Å². The third kappa shape index (κ3) is 2.89. The SMILES string of the molecule is COCO[C@H]1[C@@H](O)[C@@H](CO)O[C@@H](OC)[C@@H]1O. The van der Waals surface area contributed by atoms with Crippen LogP contribution in [0.5, 0.6) is 0 Å². The van der Waals surface area contributed by atoms with Crippen LogP contribution in [0.25, 0.3) is 0 Å². The van der Waals surface area contributed by atoms with Crippen molar-refractivity contribution in [2.24, 2.45) is 0 Å². The molecule has 1 aliphatic rings. The first-order valence-electron chi connectivity index (χ1n) is 4.91. The van der Waals surface area contributed by atoms with Gasteiger partial charge in [-0.25, -0.2) is 0 Å². The summed E-state index contributed by atoms with van der Waals surface area (Å²) in [4.78, 5) is 0. The van der Waals surface area contributed by atoms with Gasteiger partial charge in [-0.05, 0) is 0 Å². The first-order chi connectivity index (χ1) is 7.65.